The number of nitrogens with zero attached hydrogens (tertiary/aromatic N) is 5. The number of piperazine rings is 1. The number of hydrogen-bond donors (Lipinski definition) is 0. The summed E-state index contributed by atoms with van der Waals surface area (Å²) in [6.45, 7) is 11.6. The van der Waals surface area contributed by atoms with E-state index in [0.29, 0.717) is 12.1 Å². The van der Waals surface area contributed by atoms with Crippen molar-refractivity contribution in [1.29, 1.82) is 0 Å². The zero-order valence-electron chi connectivity index (χ0n) is 11.9. The van der Waals surface area contributed by atoms with Crippen molar-refractivity contribution in [2.75, 3.05) is 44.2 Å². The molecule has 2 saturated heterocycles. The predicted molar refractivity (Wildman–Crippen MR) is 76.3 cm³/mol. The normalized spacial score (nSPS) is 22.8. The summed E-state index contributed by atoms with van der Waals surface area (Å²) < 4.78 is 0. The maximum Gasteiger partial charge on any atom is 0.132 e. The molecule has 5 heteroatoms. The van der Waals surface area contributed by atoms with Gasteiger partial charge in [0.25, 0.3) is 0 Å². The molecule has 19 heavy (non-hydrogen) atoms. The van der Waals surface area contributed by atoms with Gasteiger partial charge in [-0.25, -0.2) is 9.97 Å². The minimum atomic E-state index is 0.682. The highest BCUT2D eigenvalue weighted by molar-refractivity contribution is 5.40. The summed E-state index contributed by atoms with van der Waals surface area (Å²) in [4.78, 5) is 15.8. The van der Waals surface area contributed by atoms with E-state index in [1.165, 1.54) is 26.2 Å². The second-order valence-electron chi connectivity index (χ2n) is 5.79. The molecule has 0 atom stereocenters. The Morgan fingerprint density at radius 3 is 2.47 bits per heavy atom. The fourth-order valence-corrected chi connectivity index (χ4v) is 2.96. The summed E-state index contributed by atoms with van der Waals surface area (Å²) in [6.07, 6.45) is 3.45. The Morgan fingerprint density at radius 1 is 1.16 bits per heavy atom. The largest absolute Gasteiger partial charge is 0.353 e. The lowest BCUT2D eigenvalue weighted by atomic mass is 10.1. The predicted octanol–water partition coefficient (Wildman–Crippen LogP) is 0.691. The molecule has 1 aromatic heterocycles. The van der Waals surface area contributed by atoms with Gasteiger partial charge < -0.3 is 4.90 Å². The number of hydrogen-bond acceptors (Lipinski definition) is 5. The first-order valence-corrected chi connectivity index (χ1v) is 7.23. The van der Waals surface area contributed by atoms with Gasteiger partial charge >= 0.3 is 0 Å². The Morgan fingerprint density at radius 2 is 1.89 bits per heavy atom. The van der Waals surface area contributed by atoms with Crippen LogP contribution in [-0.4, -0.2) is 71.1 Å². The Hall–Kier alpha value is -1.20. The van der Waals surface area contributed by atoms with E-state index in [1.54, 1.807) is 6.33 Å². The van der Waals surface area contributed by atoms with E-state index < -0.39 is 0 Å². The van der Waals surface area contributed by atoms with Gasteiger partial charge in [-0.2, -0.15) is 0 Å². The number of aromatic nitrogens is 2. The average molecular weight is 261 g/mol. The molecule has 3 rings (SSSR count). The monoisotopic (exact) mass is 261 g/mol. The van der Waals surface area contributed by atoms with Gasteiger partial charge in [0.1, 0.15) is 12.1 Å². The second kappa shape index (κ2) is 5.43. The van der Waals surface area contributed by atoms with Gasteiger partial charge in [0.2, 0.25) is 0 Å². The Balaban J connectivity index is 1.47. The van der Waals surface area contributed by atoms with Crippen LogP contribution in [0.25, 0.3) is 0 Å². The summed E-state index contributed by atoms with van der Waals surface area (Å²) in [5.41, 5.74) is 0. The third-order valence-corrected chi connectivity index (χ3v) is 4.35. The zero-order chi connectivity index (χ0) is 13.2. The molecule has 0 bridgehead atoms. The van der Waals surface area contributed by atoms with Crippen molar-refractivity contribution in [2.45, 2.75) is 25.9 Å². The SMILES string of the molecule is CC(C)N1CCN(C2CN(c3ccncn3)C2)CC1. The first-order valence-electron chi connectivity index (χ1n) is 7.23. The molecule has 0 aliphatic carbocycles. The van der Waals surface area contributed by atoms with E-state index in [4.69, 9.17) is 0 Å². The Bertz CT molecular complexity index is 394. The smallest absolute Gasteiger partial charge is 0.132 e. The molecule has 2 aliphatic rings. The van der Waals surface area contributed by atoms with Gasteiger partial charge in [0, 0.05) is 57.5 Å². The molecule has 5 nitrogen and oxygen atoms in total. The van der Waals surface area contributed by atoms with Crippen molar-refractivity contribution in [3.63, 3.8) is 0 Å². The van der Waals surface area contributed by atoms with Crippen LogP contribution in [0.15, 0.2) is 18.6 Å². The summed E-state index contributed by atoms with van der Waals surface area (Å²) >= 11 is 0. The maximum absolute atomic E-state index is 4.30. The van der Waals surface area contributed by atoms with Crippen LogP contribution in [0.1, 0.15) is 13.8 Å². The zero-order valence-corrected chi connectivity index (χ0v) is 11.9. The van der Waals surface area contributed by atoms with Crippen molar-refractivity contribution < 1.29 is 0 Å². The van der Waals surface area contributed by atoms with Gasteiger partial charge in [0.05, 0.1) is 0 Å². The lowest BCUT2D eigenvalue weighted by molar-refractivity contribution is 0.0676. The van der Waals surface area contributed by atoms with Crippen LogP contribution in [0, 0.1) is 0 Å². The third kappa shape index (κ3) is 2.72. The van der Waals surface area contributed by atoms with E-state index in [-0.39, 0.29) is 0 Å². The molecule has 0 radical (unpaired) electrons. The van der Waals surface area contributed by atoms with Crippen LogP contribution < -0.4 is 4.90 Å². The summed E-state index contributed by atoms with van der Waals surface area (Å²) in [5.74, 6) is 1.06. The quantitative estimate of drug-likeness (QED) is 0.800. The minimum Gasteiger partial charge on any atom is -0.353 e. The van der Waals surface area contributed by atoms with Gasteiger partial charge in [0.15, 0.2) is 0 Å². The minimum absolute atomic E-state index is 0.682. The maximum atomic E-state index is 4.30. The van der Waals surface area contributed by atoms with Gasteiger partial charge in [-0.15, -0.1) is 0 Å². The molecule has 1 aromatic rings. The molecule has 2 aliphatic heterocycles. The fraction of sp³-hybridized carbons (Fsp3) is 0.714. The third-order valence-electron chi connectivity index (χ3n) is 4.35. The molecule has 0 unspecified atom stereocenters. The molecule has 0 saturated carbocycles. The highest BCUT2D eigenvalue weighted by Gasteiger charge is 2.34. The van der Waals surface area contributed by atoms with Gasteiger partial charge in [-0.05, 0) is 19.9 Å². The standard InChI is InChI=1S/C14H23N5/c1-12(2)17-5-7-18(8-6-17)13-9-19(10-13)14-3-4-15-11-16-14/h3-4,11-13H,5-10H2,1-2H3. The molecular formula is C14H23N5. The van der Waals surface area contributed by atoms with Gasteiger partial charge in [-0.3, -0.25) is 9.80 Å². The van der Waals surface area contributed by atoms with E-state index >= 15 is 0 Å². The van der Waals surface area contributed by atoms with Crippen molar-refractivity contribution in [1.82, 2.24) is 19.8 Å². The van der Waals surface area contributed by atoms with E-state index in [9.17, 15) is 0 Å². The lowest BCUT2D eigenvalue weighted by Gasteiger charge is -2.49. The number of rotatable bonds is 3. The van der Waals surface area contributed by atoms with Crippen molar-refractivity contribution in [3.05, 3.63) is 18.6 Å². The number of anilines is 1. The van der Waals surface area contributed by atoms with Crippen LogP contribution in [0.3, 0.4) is 0 Å². The highest BCUT2D eigenvalue weighted by Crippen LogP contribution is 2.22. The Labute approximate surface area is 115 Å². The fourth-order valence-electron chi connectivity index (χ4n) is 2.96. The molecule has 0 amide bonds. The van der Waals surface area contributed by atoms with Crippen LogP contribution in [0.5, 0.6) is 0 Å². The van der Waals surface area contributed by atoms with Crippen molar-refractivity contribution >= 4 is 5.82 Å². The average Bonchev–Trinajstić information content (AvgIpc) is 2.39. The summed E-state index contributed by atoms with van der Waals surface area (Å²) in [7, 11) is 0. The van der Waals surface area contributed by atoms with E-state index in [1.807, 2.05) is 12.3 Å². The van der Waals surface area contributed by atoms with Crippen LogP contribution >= 0.6 is 0 Å². The van der Waals surface area contributed by atoms with Crippen LogP contribution in [0.4, 0.5) is 5.82 Å². The molecule has 104 valence electrons. The lowest BCUT2D eigenvalue weighted by Crippen LogP contribution is -2.63. The topological polar surface area (TPSA) is 35.5 Å². The molecule has 2 fully saturated rings. The van der Waals surface area contributed by atoms with Crippen LogP contribution in [-0.2, 0) is 0 Å². The molecule has 0 spiro atoms. The second-order valence-corrected chi connectivity index (χ2v) is 5.79. The molecular weight excluding hydrogens is 238 g/mol. The molecule has 0 aromatic carbocycles. The van der Waals surface area contributed by atoms with Gasteiger partial charge in [-0.1, -0.05) is 0 Å². The van der Waals surface area contributed by atoms with E-state index in [0.717, 1.165) is 18.9 Å². The van der Waals surface area contributed by atoms with Crippen molar-refractivity contribution in [2.24, 2.45) is 0 Å². The molecule has 3 heterocycles. The summed E-state index contributed by atoms with van der Waals surface area (Å²) in [6, 6.07) is 3.39. The Kier molecular flexibility index (Phi) is 3.66. The summed E-state index contributed by atoms with van der Waals surface area (Å²) in [5, 5.41) is 0. The molecule has 0 N–H and O–H groups in total. The van der Waals surface area contributed by atoms with E-state index in [2.05, 4.69) is 38.5 Å². The van der Waals surface area contributed by atoms with Crippen molar-refractivity contribution in [3.8, 4) is 0 Å². The first kappa shape index (κ1) is 12.8. The first-order chi connectivity index (χ1) is 9.24. The van der Waals surface area contributed by atoms with Crippen LogP contribution in [0.2, 0.25) is 0 Å². The highest BCUT2D eigenvalue weighted by atomic mass is 15.4.